The van der Waals surface area contributed by atoms with Gasteiger partial charge in [0.2, 0.25) is 5.88 Å². The first-order valence-electron chi connectivity index (χ1n) is 10.8. The lowest BCUT2D eigenvalue weighted by Gasteiger charge is -2.13. The van der Waals surface area contributed by atoms with E-state index in [1.54, 1.807) is 36.5 Å². The summed E-state index contributed by atoms with van der Waals surface area (Å²) in [6.45, 7) is 2.72. The maximum atomic E-state index is 12.4. The molecule has 5 heteroatoms. The van der Waals surface area contributed by atoms with Gasteiger partial charge in [-0.3, -0.25) is 4.79 Å². The fraction of sp³-hybridized carbons (Fsp3) is 0.269. The van der Waals surface area contributed by atoms with E-state index < -0.39 is 0 Å². The maximum absolute atomic E-state index is 12.4. The molecule has 0 saturated carbocycles. The van der Waals surface area contributed by atoms with Gasteiger partial charge in [0, 0.05) is 29.9 Å². The second-order valence-corrected chi connectivity index (χ2v) is 7.83. The Morgan fingerprint density at radius 2 is 1.84 bits per heavy atom. The molecule has 31 heavy (non-hydrogen) atoms. The highest BCUT2D eigenvalue weighted by Gasteiger charge is 2.09. The lowest BCUT2D eigenvalue weighted by atomic mass is 9.97. The largest absolute Gasteiger partial charge is 0.439 e. The van der Waals surface area contributed by atoms with Crippen molar-refractivity contribution in [3.8, 4) is 23.0 Å². The summed E-state index contributed by atoms with van der Waals surface area (Å²) in [5.41, 5.74) is 4.21. The molecule has 0 bridgehead atoms. The quantitative estimate of drug-likeness (QED) is 0.492. The fourth-order valence-corrected chi connectivity index (χ4v) is 3.61. The summed E-state index contributed by atoms with van der Waals surface area (Å²) in [6.07, 6.45) is 9.82. The van der Waals surface area contributed by atoms with Crippen LogP contribution in [-0.4, -0.2) is 22.4 Å². The van der Waals surface area contributed by atoms with E-state index in [4.69, 9.17) is 4.74 Å². The molecule has 3 aromatic rings. The van der Waals surface area contributed by atoms with Crippen molar-refractivity contribution in [1.82, 2.24) is 15.3 Å². The van der Waals surface area contributed by atoms with E-state index in [0.29, 0.717) is 29.6 Å². The molecule has 1 aliphatic carbocycles. The van der Waals surface area contributed by atoms with Gasteiger partial charge in [0.25, 0.3) is 5.91 Å². The Hall–Kier alpha value is -3.47. The first-order valence-corrected chi connectivity index (χ1v) is 10.8. The number of aromatic nitrogens is 2. The van der Waals surface area contributed by atoms with Gasteiger partial charge in [-0.05, 0) is 63.3 Å². The number of benzene rings is 2. The van der Waals surface area contributed by atoms with Crippen LogP contribution in [0, 0.1) is 6.92 Å². The highest BCUT2D eigenvalue weighted by atomic mass is 16.5. The number of carbonyl (C=O) groups is 1. The molecule has 1 heterocycles. The van der Waals surface area contributed by atoms with E-state index in [1.807, 2.05) is 31.2 Å². The Morgan fingerprint density at radius 3 is 2.58 bits per heavy atom. The number of aryl methyl sites for hydroxylation is 1. The topological polar surface area (TPSA) is 64.1 Å². The van der Waals surface area contributed by atoms with Crippen LogP contribution in [0.4, 0.5) is 0 Å². The van der Waals surface area contributed by atoms with Gasteiger partial charge in [-0.25, -0.2) is 4.98 Å². The van der Waals surface area contributed by atoms with Crippen LogP contribution in [0.5, 0.6) is 11.6 Å². The summed E-state index contributed by atoms with van der Waals surface area (Å²) < 4.78 is 5.87. The summed E-state index contributed by atoms with van der Waals surface area (Å²) in [7, 11) is 0. The van der Waals surface area contributed by atoms with Crippen LogP contribution in [0.1, 0.15) is 48.0 Å². The minimum Gasteiger partial charge on any atom is -0.439 e. The second kappa shape index (κ2) is 10.0. The van der Waals surface area contributed by atoms with Gasteiger partial charge in [-0.2, -0.15) is 4.98 Å². The normalized spacial score (nSPS) is 13.4. The van der Waals surface area contributed by atoms with E-state index in [2.05, 4.69) is 21.4 Å². The predicted octanol–water partition coefficient (Wildman–Crippen LogP) is 5.86. The highest BCUT2D eigenvalue weighted by Crippen LogP contribution is 2.23. The molecular formula is C26H27N3O2. The monoisotopic (exact) mass is 413 g/mol. The third-order valence-electron chi connectivity index (χ3n) is 5.40. The summed E-state index contributed by atoms with van der Waals surface area (Å²) in [5, 5.41) is 3.00. The van der Waals surface area contributed by atoms with Crippen LogP contribution in [0.2, 0.25) is 0 Å². The minimum atomic E-state index is -0.0633. The molecule has 2 aromatic carbocycles. The molecule has 0 saturated heterocycles. The maximum Gasteiger partial charge on any atom is 0.251 e. The Morgan fingerprint density at radius 1 is 1.03 bits per heavy atom. The van der Waals surface area contributed by atoms with Gasteiger partial charge >= 0.3 is 0 Å². The Labute approximate surface area is 183 Å². The van der Waals surface area contributed by atoms with Gasteiger partial charge in [-0.15, -0.1) is 0 Å². The number of hydrogen-bond acceptors (Lipinski definition) is 4. The Balaban J connectivity index is 1.34. The molecule has 0 atom stereocenters. The van der Waals surface area contributed by atoms with E-state index in [0.717, 1.165) is 18.4 Å². The van der Waals surface area contributed by atoms with Gasteiger partial charge in [0.1, 0.15) is 5.75 Å². The van der Waals surface area contributed by atoms with Crippen molar-refractivity contribution in [3.05, 3.63) is 83.6 Å². The zero-order valence-electron chi connectivity index (χ0n) is 17.8. The van der Waals surface area contributed by atoms with Crippen molar-refractivity contribution in [3.63, 3.8) is 0 Å². The molecule has 1 N–H and O–H groups in total. The third-order valence-corrected chi connectivity index (χ3v) is 5.40. The van der Waals surface area contributed by atoms with Crippen LogP contribution in [0.25, 0.3) is 11.4 Å². The molecule has 1 aliphatic rings. The summed E-state index contributed by atoms with van der Waals surface area (Å²) in [6, 6.07) is 16.9. The summed E-state index contributed by atoms with van der Waals surface area (Å²) >= 11 is 0. The van der Waals surface area contributed by atoms with Gasteiger partial charge in [-0.1, -0.05) is 41.5 Å². The van der Waals surface area contributed by atoms with Crippen LogP contribution < -0.4 is 10.1 Å². The molecule has 0 spiro atoms. The molecular weight excluding hydrogens is 386 g/mol. The molecule has 0 aliphatic heterocycles. The first kappa shape index (κ1) is 20.8. The number of carbonyl (C=O) groups excluding carboxylic acids is 1. The number of hydrogen-bond donors (Lipinski definition) is 1. The lowest BCUT2D eigenvalue weighted by molar-refractivity contribution is 0.0954. The van der Waals surface area contributed by atoms with Crippen LogP contribution in [0.3, 0.4) is 0 Å². The van der Waals surface area contributed by atoms with Crippen molar-refractivity contribution in [2.45, 2.75) is 39.0 Å². The minimum absolute atomic E-state index is 0.0633. The highest BCUT2D eigenvalue weighted by molar-refractivity contribution is 5.94. The number of nitrogens with zero attached hydrogens (tertiary/aromatic N) is 2. The Kier molecular flexibility index (Phi) is 6.72. The number of rotatable bonds is 7. The van der Waals surface area contributed by atoms with Crippen LogP contribution in [0.15, 0.2) is 72.4 Å². The molecule has 0 fully saturated rings. The number of allylic oxidation sites excluding steroid dienone is 1. The van der Waals surface area contributed by atoms with E-state index in [-0.39, 0.29) is 5.91 Å². The second-order valence-electron chi connectivity index (χ2n) is 7.83. The molecule has 4 rings (SSSR count). The summed E-state index contributed by atoms with van der Waals surface area (Å²) in [4.78, 5) is 21.2. The molecule has 1 aromatic heterocycles. The molecule has 0 unspecified atom stereocenters. The Bertz CT molecular complexity index is 1060. The van der Waals surface area contributed by atoms with E-state index in [9.17, 15) is 4.79 Å². The smallest absolute Gasteiger partial charge is 0.251 e. The third kappa shape index (κ3) is 5.79. The van der Waals surface area contributed by atoms with E-state index >= 15 is 0 Å². The van der Waals surface area contributed by atoms with Crippen LogP contribution >= 0.6 is 0 Å². The van der Waals surface area contributed by atoms with Crippen molar-refractivity contribution in [2.75, 3.05) is 6.54 Å². The van der Waals surface area contributed by atoms with Gasteiger partial charge in [0.05, 0.1) is 0 Å². The van der Waals surface area contributed by atoms with Crippen LogP contribution in [-0.2, 0) is 0 Å². The SMILES string of the molecule is Cc1ccc(-c2nccc(Oc3ccc(C(=O)NCCC4=CCCCC4)cc3)n2)cc1. The van der Waals surface area contributed by atoms with E-state index in [1.165, 1.54) is 30.4 Å². The number of nitrogens with one attached hydrogen (secondary N) is 1. The van der Waals surface area contributed by atoms with Crippen molar-refractivity contribution in [2.24, 2.45) is 0 Å². The zero-order chi connectivity index (χ0) is 21.5. The van der Waals surface area contributed by atoms with Crippen molar-refractivity contribution in [1.29, 1.82) is 0 Å². The molecule has 158 valence electrons. The van der Waals surface area contributed by atoms with Crippen molar-refractivity contribution < 1.29 is 9.53 Å². The average Bonchev–Trinajstić information content (AvgIpc) is 2.81. The summed E-state index contributed by atoms with van der Waals surface area (Å²) in [5.74, 6) is 1.63. The number of ether oxygens (including phenoxy) is 1. The zero-order valence-corrected chi connectivity index (χ0v) is 17.8. The molecule has 5 nitrogen and oxygen atoms in total. The molecule has 1 amide bonds. The predicted molar refractivity (Wildman–Crippen MR) is 122 cm³/mol. The molecule has 0 radical (unpaired) electrons. The number of amides is 1. The van der Waals surface area contributed by atoms with Crippen molar-refractivity contribution >= 4 is 5.91 Å². The average molecular weight is 414 g/mol. The van der Waals surface area contributed by atoms with Gasteiger partial charge in [0.15, 0.2) is 5.82 Å². The first-order chi connectivity index (χ1) is 15.2. The standard InChI is InChI=1S/C26H27N3O2/c1-19-7-9-21(10-8-19)25-27-18-16-24(29-25)31-23-13-11-22(12-14-23)26(30)28-17-15-20-5-3-2-4-6-20/h5,7-14,16,18H,2-4,6,15,17H2,1H3,(H,28,30). The van der Waals surface area contributed by atoms with Gasteiger partial charge < -0.3 is 10.1 Å². The lowest BCUT2D eigenvalue weighted by Crippen LogP contribution is -2.24. The fourth-order valence-electron chi connectivity index (χ4n) is 3.61.